The lowest BCUT2D eigenvalue weighted by atomic mass is 9.60. The Morgan fingerprint density at radius 2 is 1.71 bits per heavy atom. The molecule has 148 valence electrons. The molecule has 0 spiro atoms. The molecular weight excluding hydrogens is 387 g/mol. The molecule has 0 aromatic heterocycles. The molecular formula is C24H28Cl2N2. The lowest BCUT2D eigenvalue weighted by Gasteiger charge is -2.42. The van der Waals surface area contributed by atoms with Gasteiger partial charge >= 0.3 is 0 Å². The fourth-order valence-electron chi connectivity index (χ4n) is 4.27. The van der Waals surface area contributed by atoms with Crippen LogP contribution in [0, 0.1) is 17.2 Å². The fourth-order valence-corrected chi connectivity index (χ4v) is 5.00. The van der Waals surface area contributed by atoms with Crippen molar-refractivity contribution in [2.75, 3.05) is 20.1 Å². The van der Waals surface area contributed by atoms with Gasteiger partial charge in [0.25, 0.3) is 0 Å². The SMILES string of the molecule is CN(CCCC(C#N)(c1c(Cl)cccc1Cl)C1CCC1)CCc1ccccc1. The maximum absolute atomic E-state index is 10.3. The van der Waals surface area contributed by atoms with Crippen LogP contribution in [0.2, 0.25) is 10.0 Å². The highest BCUT2D eigenvalue weighted by Gasteiger charge is 2.45. The molecule has 1 saturated carbocycles. The molecule has 3 rings (SSSR count). The molecule has 1 aliphatic rings. The van der Waals surface area contributed by atoms with Crippen molar-refractivity contribution in [1.82, 2.24) is 4.90 Å². The topological polar surface area (TPSA) is 27.0 Å². The standard InChI is InChI=1S/C24H28Cl2N2/c1-28(17-14-19-8-3-2-4-9-19)16-7-15-24(18-27,20-10-5-11-20)23-21(25)12-6-13-22(23)26/h2-4,6,8-9,12-13,20H,5,7,10-11,14-17H2,1H3. The monoisotopic (exact) mass is 414 g/mol. The summed E-state index contributed by atoms with van der Waals surface area (Å²) >= 11 is 13.1. The maximum Gasteiger partial charge on any atom is 0.0879 e. The summed E-state index contributed by atoms with van der Waals surface area (Å²) in [6.45, 7) is 1.98. The first-order chi connectivity index (χ1) is 13.6. The van der Waals surface area contributed by atoms with Crippen molar-refractivity contribution in [2.24, 2.45) is 5.92 Å². The lowest BCUT2D eigenvalue weighted by molar-refractivity contribution is 0.189. The molecule has 0 bridgehead atoms. The summed E-state index contributed by atoms with van der Waals surface area (Å²) < 4.78 is 0. The molecule has 0 radical (unpaired) electrons. The molecule has 0 amide bonds. The highest BCUT2D eigenvalue weighted by molar-refractivity contribution is 6.36. The summed E-state index contributed by atoms with van der Waals surface area (Å²) in [5.74, 6) is 0.351. The highest BCUT2D eigenvalue weighted by atomic mass is 35.5. The van der Waals surface area contributed by atoms with Crippen LogP contribution >= 0.6 is 23.2 Å². The third kappa shape index (κ3) is 4.71. The zero-order valence-corrected chi connectivity index (χ0v) is 18.0. The van der Waals surface area contributed by atoms with Crippen LogP contribution < -0.4 is 0 Å². The molecule has 0 aliphatic heterocycles. The van der Waals surface area contributed by atoms with Gasteiger partial charge in [-0.05, 0) is 69.3 Å². The van der Waals surface area contributed by atoms with Gasteiger partial charge in [0, 0.05) is 22.2 Å². The molecule has 2 aromatic rings. The predicted molar refractivity (Wildman–Crippen MR) is 118 cm³/mol. The Balaban J connectivity index is 1.65. The van der Waals surface area contributed by atoms with E-state index < -0.39 is 5.41 Å². The molecule has 0 heterocycles. The van der Waals surface area contributed by atoms with E-state index in [4.69, 9.17) is 23.2 Å². The average molecular weight is 415 g/mol. The van der Waals surface area contributed by atoms with E-state index in [2.05, 4.69) is 48.3 Å². The second-order valence-electron chi connectivity index (χ2n) is 7.95. The van der Waals surface area contributed by atoms with Crippen LogP contribution in [-0.2, 0) is 11.8 Å². The van der Waals surface area contributed by atoms with Gasteiger partial charge in [-0.15, -0.1) is 0 Å². The normalized spacial score (nSPS) is 16.4. The van der Waals surface area contributed by atoms with Gasteiger partial charge in [-0.1, -0.05) is 66.0 Å². The van der Waals surface area contributed by atoms with Crippen LogP contribution in [0.25, 0.3) is 0 Å². The molecule has 0 saturated heterocycles. The minimum atomic E-state index is -0.575. The van der Waals surface area contributed by atoms with Gasteiger partial charge in [0.1, 0.15) is 0 Å². The number of nitriles is 1. The summed E-state index contributed by atoms with van der Waals surface area (Å²) in [5.41, 5.74) is 1.63. The number of likely N-dealkylation sites (N-methyl/N-ethyl adjacent to an activating group) is 1. The Hall–Kier alpha value is -1.53. The minimum absolute atomic E-state index is 0.351. The molecule has 28 heavy (non-hydrogen) atoms. The number of nitrogens with zero attached hydrogens (tertiary/aromatic N) is 2. The average Bonchev–Trinajstić information content (AvgIpc) is 2.65. The van der Waals surface area contributed by atoms with E-state index in [9.17, 15) is 5.26 Å². The summed E-state index contributed by atoms with van der Waals surface area (Å²) in [6.07, 6.45) is 6.15. The van der Waals surface area contributed by atoms with Crippen LogP contribution in [0.3, 0.4) is 0 Å². The molecule has 1 aliphatic carbocycles. The van der Waals surface area contributed by atoms with Crippen LogP contribution in [0.1, 0.15) is 43.2 Å². The van der Waals surface area contributed by atoms with E-state index in [1.165, 1.54) is 12.0 Å². The molecule has 2 aromatic carbocycles. The largest absolute Gasteiger partial charge is 0.306 e. The fraction of sp³-hybridized carbons (Fsp3) is 0.458. The summed E-state index contributed by atoms with van der Waals surface area (Å²) in [4.78, 5) is 2.35. The molecule has 1 atom stereocenters. The zero-order chi connectivity index (χ0) is 20.0. The number of benzene rings is 2. The first-order valence-corrected chi connectivity index (χ1v) is 10.9. The van der Waals surface area contributed by atoms with Crippen molar-refractivity contribution in [3.63, 3.8) is 0 Å². The Labute approximate surface area is 179 Å². The van der Waals surface area contributed by atoms with Crippen LogP contribution in [0.4, 0.5) is 0 Å². The van der Waals surface area contributed by atoms with Crippen LogP contribution in [0.15, 0.2) is 48.5 Å². The van der Waals surface area contributed by atoms with E-state index >= 15 is 0 Å². The van der Waals surface area contributed by atoms with Crippen molar-refractivity contribution in [3.8, 4) is 6.07 Å². The quantitative estimate of drug-likeness (QED) is 0.467. The molecule has 4 heteroatoms. The second kappa shape index (κ2) is 9.79. The first kappa shape index (κ1) is 21.2. The van der Waals surface area contributed by atoms with Gasteiger partial charge in [-0.3, -0.25) is 0 Å². The molecule has 2 nitrogen and oxygen atoms in total. The van der Waals surface area contributed by atoms with Crippen molar-refractivity contribution in [3.05, 3.63) is 69.7 Å². The van der Waals surface area contributed by atoms with Crippen molar-refractivity contribution < 1.29 is 0 Å². The smallest absolute Gasteiger partial charge is 0.0879 e. The molecule has 0 N–H and O–H groups in total. The number of halogens is 2. The zero-order valence-electron chi connectivity index (χ0n) is 16.5. The summed E-state index contributed by atoms with van der Waals surface area (Å²) in [6, 6.07) is 18.8. The minimum Gasteiger partial charge on any atom is -0.306 e. The summed E-state index contributed by atoms with van der Waals surface area (Å²) in [5, 5.41) is 11.5. The number of hydrogen-bond acceptors (Lipinski definition) is 2. The molecule has 1 fully saturated rings. The van der Waals surface area contributed by atoms with Crippen LogP contribution in [0.5, 0.6) is 0 Å². The summed E-state index contributed by atoms with van der Waals surface area (Å²) in [7, 11) is 2.16. The maximum atomic E-state index is 10.3. The van der Waals surface area contributed by atoms with Gasteiger partial charge < -0.3 is 4.90 Å². The van der Waals surface area contributed by atoms with E-state index in [1.807, 2.05) is 18.2 Å². The Morgan fingerprint density at radius 1 is 1.04 bits per heavy atom. The van der Waals surface area contributed by atoms with Gasteiger partial charge in [-0.2, -0.15) is 5.26 Å². The van der Waals surface area contributed by atoms with E-state index in [0.29, 0.717) is 16.0 Å². The van der Waals surface area contributed by atoms with Crippen molar-refractivity contribution in [2.45, 2.75) is 43.9 Å². The third-order valence-corrected chi connectivity index (χ3v) is 6.78. The van der Waals surface area contributed by atoms with Gasteiger partial charge in [0.05, 0.1) is 11.5 Å². The van der Waals surface area contributed by atoms with Crippen molar-refractivity contribution >= 4 is 23.2 Å². The van der Waals surface area contributed by atoms with Gasteiger partial charge in [0.15, 0.2) is 0 Å². The van der Waals surface area contributed by atoms with Crippen LogP contribution in [-0.4, -0.2) is 25.0 Å². The van der Waals surface area contributed by atoms with Gasteiger partial charge in [0.2, 0.25) is 0 Å². The van der Waals surface area contributed by atoms with E-state index in [-0.39, 0.29) is 0 Å². The lowest BCUT2D eigenvalue weighted by Crippen LogP contribution is -2.39. The van der Waals surface area contributed by atoms with Crippen molar-refractivity contribution in [1.29, 1.82) is 5.26 Å². The molecule has 1 unspecified atom stereocenters. The van der Waals surface area contributed by atoms with E-state index in [1.54, 1.807) is 0 Å². The van der Waals surface area contributed by atoms with E-state index in [0.717, 1.165) is 50.8 Å². The second-order valence-corrected chi connectivity index (χ2v) is 8.76. The number of hydrogen-bond donors (Lipinski definition) is 0. The third-order valence-electron chi connectivity index (χ3n) is 6.15. The Kier molecular flexibility index (Phi) is 7.41. The highest BCUT2D eigenvalue weighted by Crippen LogP contribution is 2.50. The Morgan fingerprint density at radius 3 is 2.29 bits per heavy atom. The number of rotatable bonds is 9. The van der Waals surface area contributed by atoms with Gasteiger partial charge in [-0.25, -0.2) is 0 Å². The first-order valence-electron chi connectivity index (χ1n) is 10.1. The Bertz CT molecular complexity index is 791. The predicted octanol–water partition coefficient (Wildman–Crippen LogP) is 6.51.